The van der Waals surface area contributed by atoms with Crippen LogP contribution in [0.3, 0.4) is 0 Å². The maximum Gasteiger partial charge on any atom is 0.253 e. The molecule has 1 heterocycles. The van der Waals surface area contributed by atoms with Gasteiger partial charge in [0, 0.05) is 12.1 Å². The van der Waals surface area contributed by atoms with Crippen molar-refractivity contribution in [3.05, 3.63) is 42.0 Å². The second kappa shape index (κ2) is 8.64. The summed E-state index contributed by atoms with van der Waals surface area (Å²) >= 11 is 0. The number of nitrogen functional groups attached to an aromatic ring is 1. The zero-order valence-corrected chi connectivity index (χ0v) is 15.3. The van der Waals surface area contributed by atoms with Crippen molar-refractivity contribution >= 4 is 29.7 Å². The smallest absolute Gasteiger partial charge is 0.253 e. The molecule has 3 rings (SSSR count). The van der Waals surface area contributed by atoms with Crippen LogP contribution in [0.2, 0.25) is 0 Å². The van der Waals surface area contributed by atoms with E-state index in [1.165, 1.54) is 0 Å². The average molecular weight is 381 g/mol. The zero-order valence-electron chi connectivity index (χ0n) is 14.5. The molecule has 0 bridgehead atoms. The number of halogens is 1. The molecule has 1 amide bonds. The van der Waals surface area contributed by atoms with Crippen molar-refractivity contribution in [2.24, 2.45) is 0 Å². The van der Waals surface area contributed by atoms with Gasteiger partial charge in [0.05, 0.1) is 25.1 Å². The third kappa shape index (κ3) is 4.50. The minimum Gasteiger partial charge on any atom is -0.497 e. The van der Waals surface area contributed by atoms with E-state index in [9.17, 15) is 4.79 Å². The third-order valence-corrected chi connectivity index (χ3v) is 3.81. The lowest BCUT2D eigenvalue weighted by molar-refractivity contribution is -0.127. The summed E-state index contributed by atoms with van der Waals surface area (Å²) in [5.74, 6) is 1.56. The van der Waals surface area contributed by atoms with Crippen LogP contribution in [0.25, 0.3) is 0 Å². The van der Waals surface area contributed by atoms with E-state index in [4.69, 9.17) is 24.7 Å². The molecule has 0 aliphatic carbocycles. The molecule has 0 radical (unpaired) electrons. The van der Waals surface area contributed by atoms with Gasteiger partial charge in [-0.2, -0.15) is 0 Å². The number of anilines is 2. The minimum atomic E-state index is -0.656. The van der Waals surface area contributed by atoms with E-state index in [1.807, 2.05) is 24.3 Å². The lowest BCUT2D eigenvalue weighted by atomic mass is 10.2. The largest absolute Gasteiger partial charge is 0.497 e. The highest BCUT2D eigenvalue weighted by Gasteiger charge is 2.19. The SMILES string of the molecule is COc1cccc(COC(C)C(=O)Nc2cc3c(cc2N)OCO3)c1.Cl. The van der Waals surface area contributed by atoms with Crippen molar-refractivity contribution in [3.63, 3.8) is 0 Å². The molecule has 0 aromatic heterocycles. The molecule has 1 aliphatic heterocycles. The number of fused-ring (bicyclic) bond motifs is 1. The van der Waals surface area contributed by atoms with Crippen molar-refractivity contribution in [1.82, 2.24) is 0 Å². The van der Waals surface area contributed by atoms with Gasteiger partial charge in [-0.1, -0.05) is 12.1 Å². The minimum absolute atomic E-state index is 0. The number of nitrogens with two attached hydrogens (primary N) is 1. The molecule has 1 unspecified atom stereocenters. The molecule has 0 saturated heterocycles. The van der Waals surface area contributed by atoms with E-state index in [-0.39, 0.29) is 25.1 Å². The highest BCUT2D eigenvalue weighted by molar-refractivity contribution is 5.97. The fourth-order valence-electron chi connectivity index (χ4n) is 2.36. The van der Waals surface area contributed by atoms with Gasteiger partial charge < -0.3 is 30.0 Å². The Bertz CT molecular complexity index is 784. The summed E-state index contributed by atoms with van der Waals surface area (Å²) in [6.45, 7) is 2.12. The molecule has 0 fully saturated rings. The molecule has 2 aromatic rings. The van der Waals surface area contributed by atoms with Gasteiger partial charge in [-0.3, -0.25) is 4.79 Å². The van der Waals surface area contributed by atoms with Crippen LogP contribution in [0, 0.1) is 0 Å². The normalized spacial score (nSPS) is 12.8. The molecule has 7 nitrogen and oxygen atoms in total. The van der Waals surface area contributed by atoms with Crippen LogP contribution >= 0.6 is 12.4 Å². The van der Waals surface area contributed by atoms with Gasteiger partial charge in [-0.05, 0) is 24.6 Å². The van der Waals surface area contributed by atoms with E-state index in [2.05, 4.69) is 5.32 Å². The Morgan fingerprint density at radius 3 is 2.73 bits per heavy atom. The van der Waals surface area contributed by atoms with Crippen molar-refractivity contribution in [2.75, 3.05) is 25.0 Å². The predicted octanol–water partition coefficient (Wildman–Crippen LogP) is 2.97. The summed E-state index contributed by atoms with van der Waals surface area (Å²) < 4.78 is 21.3. The summed E-state index contributed by atoms with van der Waals surface area (Å²) in [4.78, 5) is 12.3. The Morgan fingerprint density at radius 2 is 2.00 bits per heavy atom. The molecule has 2 aromatic carbocycles. The molecule has 8 heteroatoms. The summed E-state index contributed by atoms with van der Waals surface area (Å²) in [5, 5.41) is 2.75. The quantitative estimate of drug-likeness (QED) is 0.748. The molecular weight excluding hydrogens is 360 g/mol. The van der Waals surface area contributed by atoms with Crippen molar-refractivity contribution < 1.29 is 23.7 Å². The Kier molecular flexibility index (Phi) is 6.54. The number of carbonyl (C=O) groups excluding carboxylic acids is 1. The molecule has 0 saturated carbocycles. The van der Waals surface area contributed by atoms with Gasteiger partial charge in [0.15, 0.2) is 11.5 Å². The zero-order chi connectivity index (χ0) is 17.8. The molecule has 26 heavy (non-hydrogen) atoms. The monoisotopic (exact) mass is 380 g/mol. The topological polar surface area (TPSA) is 92.0 Å². The van der Waals surface area contributed by atoms with Crippen LogP contribution in [0.15, 0.2) is 36.4 Å². The second-order valence-corrected chi connectivity index (χ2v) is 5.59. The predicted molar refractivity (Wildman–Crippen MR) is 100 cm³/mol. The van der Waals surface area contributed by atoms with E-state index in [0.29, 0.717) is 29.5 Å². The Balaban J connectivity index is 0.00000243. The third-order valence-electron chi connectivity index (χ3n) is 3.81. The number of carbonyl (C=O) groups is 1. The first kappa shape index (κ1) is 19.7. The van der Waals surface area contributed by atoms with E-state index in [1.54, 1.807) is 26.2 Å². The molecule has 1 atom stereocenters. The van der Waals surface area contributed by atoms with E-state index < -0.39 is 6.10 Å². The van der Waals surface area contributed by atoms with Gasteiger partial charge in [0.1, 0.15) is 11.9 Å². The highest BCUT2D eigenvalue weighted by atomic mass is 35.5. The van der Waals surface area contributed by atoms with Crippen molar-refractivity contribution in [2.45, 2.75) is 19.6 Å². The fraction of sp³-hybridized carbons (Fsp3) is 0.278. The summed E-state index contributed by atoms with van der Waals surface area (Å²) in [7, 11) is 1.60. The first-order chi connectivity index (χ1) is 12.1. The van der Waals surface area contributed by atoms with Gasteiger partial charge in [0.2, 0.25) is 6.79 Å². The summed E-state index contributed by atoms with van der Waals surface area (Å²) in [6, 6.07) is 10.8. The van der Waals surface area contributed by atoms with Crippen LogP contribution in [0.1, 0.15) is 12.5 Å². The molecular formula is C18H21ClN2O5. The van der Waals surface area contributed by atoms with E-state index >= 15 is 0 Å². The van der Waals surface area contributed by atoms with Crippen LogP contribution in [-0.4, -0.2) is 25.9 Å². The van der Waals surface area contributed by atoms with Crippen molar-refractivity contribution in [1.29, 1.82) is 0 Å². The van der Waals surface area contributed by atoms with Gasteiger partial charge >= 0.3 is 0 Å². The number of ether oxygens (including phenoxy) is 4. The van der Waals surface area contributed by atoms with Crippen LogP contribution in [-0.2, 0) is 16.1 Å². The van der Waals surface area contributed by atoms with Gasteiger partial charge in [-0.15, -0.1) is 12.4 Å². The van der Waals surface area contributed by atoms with Gasteiger partial charge in [-0.25, -0.2) is 0 Å². The number of benzene rings is 2. The van der Waals surface area contributed by atoms with Gasteiger partial charge in [0.25, 0.3) is 5.91 Å². The molecule has 1 aliphatic rings. The maximum absolute atomic E-state index is 12.3. The number of rotatable bonds is 6. The maximum atomic E-state index is 12.3. The molecule has 140 valence electrons. The van der Waals surface area contributed by atoms with Crippen LogP contribution in [0.5, 0.6) is 17.2 Å². The van der Waals surface area contributed by atoms with Crippen LogP contribution < -0.4 is 25.3 Å². The lowest BCUT2D eigenvalue weighted by Gasteiger charge is -2.15. The fourth-order valence-corrected chi connectivity index (χ4v) is 2.36. The Hall–Kier alpha value is -2.64. The second-order valence-electron chi connectivity index (χ2n) is 5.59. The first-order valence-corrected chi connectivity index (χ1v) is 7.81. The number of hydrogen-bond acceptors (Lipinski definition) is 6. The molecule has 3 N–H and O–H groups in total. The Labute approximate surface area is 157 Å². The van der Waals surface area contributed by atoms with E-state index in [0.717, 1.165) is 11.3 Å². The number of amides is 1. The van der Waals surface area contributed by atoms with Crippen molar-refractivity contribution in [3.8, 4) is 17.2 Å². The summed E-state index contributed by atoms with van der Waals surface area (Å²) in [5.41, 5.74) is 7.72. The number of hydrogen-bond donors (Lipinski definition) is 2. The Morgan fingerprint density at radius 1 is 1.27 bits per heavy atom. The number of nitrogens with one attached hydrogen (secondary N) is 1. The van der Waals surface area contributed by atoms with Crippen LogP contribution in [0.4, 0.5) is 11.4 Å². The standard InChI is InChI=1S/C18H20N2O5.ClH/c1-11(23-9-12-4-3-5-13(6-12)22-2)18(21)20-15-8-17-16(7-14(15)19)24-10-25-17;/h3-8,11H,9-10,19H2,1-2H3,(H,20,21);1H. The average Bonchev–Trinajstić information content (AvgIpc) is 3.07. The highest BCUT2D eigenvalue weighted by Crippen LogP contribution is 2.38. The first-order valence-electron chi connectivity index (χ1n) is 7.81. The molecule has 0 spiro atoms. The number of methoxy groups -OCH3 is 1. The lowest BCUT2D eigenvalue weighted by Crippen LogP contribution is -2.28. The summed E-state index contributed by atoms with van der Waals surface area (Å²) in [6.07, 6.45) is -0.656.